The van der Waals surface area contributed by atoms with Gasteiger partial charge >= 0.3 is 6.03 Å². The molecule has 0 saturated heterocycles. The number of H-pyrrole nitrogens is 1. The fourth-order valence-corrected chi connectivity index (χ4v) is 3.93. The number of nitrogens with zero attached hydrogens (tertiary/aromatic N) is 2. The van der Waals surface area contributed by atoms with E-state index in [1.54, 1.807) is 4.90 Å². The molecule has 1 fully saturated rings. The molecule has 0 atom stereocenters. The van der Waals surface area contributed by atoms with E-state index in [1.807, 2.05) is 33.2 Å². The van der Waals surface area contributed by atoms with Crippen LogP contribution in [0, 0.1) is 13.8 Å². The number of hydrogen-bond donors (Lipinski definition) is 2. The highest BCUT2D eigenvalue weighted by atomic mass is 16.2. The van der Waals surface area contributed by atoms with Gasteiger partial charge in [-0.05, 0) is 75.5 Å². The summed E-state index contributed by atoms with van der Waals surface area (Å²) in [4.78, 5) is 32.5. The Morgan fingerprint density at radius 2 is 1.76 bits per heavy atom. The van der Waals surface area contributed by atoms with Gasteiger partial charge in [0.25, 0.3) is 5.56 Å². The Balaban J connectivity index is 1.82. The van der Waals surface area contributed by atoms with Crippen molar-refractivity contribution in [3.05, 3.63) is 45.2 Å². The standard InChI is InChI=1S/C23H34N4O2/c1-16-12-18-14-19(22(28)25-21(18)13-17(16)2)15-27(11-10-26(3)4)23(29)24-20-8-6-5-7-9-20/h12-14,20H,5-11,15H2,1-4H3,(H,24,29)(H,25,28). The van der Waals surface area contributed by atoms with Gasteiger partial charge < -0.3 is 20.1 Å². The first-order valence-electron chi connectivity index (χ1n) is 10.7. The van der Waals surface area contributed by atoms with Crippen LogP contribution in [0.25, 0.3) is 10.9 Å². The minimum Gasteiger partial charge on any atom is -0.335 e. The molecule has 1 aliphatic rings. The van der Waals surface area contributed by atoms with Crippen LogP contribution in [0.4, 0.5) is 4.79 Å². The first-order valence-corrected chi connectivity index (χ1v) is 10.7. The normalized spacial score (nSPS) is 15.1. The number of benzene rings is 1. The van der Waals surface area contributed by atoms with Crippen LogP contribution in [0.2, 0.25) is 0 Å². The van der Waals surface area contributed by atoms with E-state index in [0.29, 0.717) is 18.7 Å². The topological polar surface area (TPSA) is 68.4 Å². The maximum atomic E-state index is 13.0. The Bertz CT molecular complexity index is 913. The lowest BCUT2D eigenvalue weighted by molar-refractivity contribution is 0.181. The molecule has 0 unspecified atom stereocenters. The van der Waals surface area contributed by atoms with Gasteiger partial charge in [-0.1, -0.05) is 19.3 Å². The predicted octanol–water partition coefficient (Wildman–Crippen LogP) is 3.55. The van der Waals surface area contributed by atoms with Crippen molar-refractivity contribution < 1.29 is 4.79 Å². The monoisotopic (exact) mass is 398 g/mol. The number of aryl methyl sites for hydroxylation is 2. The van der Waals surface area contributed by atoms with Crippen molar-refractivity contribution in [2.75, 3.05) is 27.2 Å². The maximum absolute atomic E-state index is 13.0. The van der Waals surface area contributed by atoms with E-state index in [1.165, 1.54) is 24.8 Å². The molecule has 2 amide bonds. The first-order chi connectivity index (χ1) is 13.8. The Morgan fingerprint density at radius 1 is 1.07 bits per heavy atom. The Labute approximate surface area is 173 Å². The van der Waals surface area contributed by atoms with Gasteiger partial charge in [0.2, 0.25) is 0 Å². The summed E-state index contributed by atoms with van der Waals surface area (Å²) in [5, 5.41) is 4.20. The fourth-order valence-electron chi connectivity index (χ4n) is 3.93. The van der Waals surface area contributed by atoms with E-state index < -0.39 is 0 Å². The summed E-state index contributed by atoms with van der Waals surface area (Å²) in [5.41, 5.74) is 3.68. The zero-order chi connectivity index (χ0) is 21.0. The van der Waals surface area contributed by atoms with Gasteiger partial charge in [0.05, 0.1) is 6.54 Å². The number of hydrogen-bond acceptors (Lipinski definition) is 3. The lowest BCUT2D eigenvalue weighted by Gasteiger charge is -2.29. The van der Waals surface area contributed by atoms with Gasteiger partial charge in [0.1, 0.15) is 0 Å². The molecule has 1 saturated carbocycles. The summed E-state index contributed by atoms with van der Waals surface area (Å²) in [6.07, 6.45) is 5.68. The second kappa shape index (κ2) is 9.44. The van der Waals surface area contributed by atoms with Gasteiger partial charge in [-0.2, -0.15) is 0 Å². The first kappa shape index (κ1) is 21.4. The molecule has 1 aromatic heterocycles. The average Bonchev–Trinajstić information content (AvgIpc) is 2.67. The van der Waals surface area contributed by atoms with Gasteiger partial charge in [-0.25, -0.2) is 4.79 Å². The molecule has 2 N–H and O–H groups in total. The van der Waals surface area contributed by atoms with E-state index >= 15 is 0 Å². The van der Waals surface area contributed by atoms with E-state index in [4.69, 9.17) is 0 Å². The third-order valence-corrected chi connectivity index (χ3v) is 5.93. The number of rotatable bonds is 6. The average molecular weight is 399 g/mol. The van der Waals surface area contributed by atoms with Crippen molar-refractivity contribution in [2.45, 2.75) is 58.5 Å². The van der Waals surface area contributed by atoms with Crippen LogP contribution in [-0.4, -0.2) is 54.0 Å². The Morgan fingerprint density at radius 3 is 2.45 bits per heavy atom. The van der Waals surface area contributed by atoms with E-state index in [-0.39, 0.29) is 17.6 Å². The van der Waals surface area contributed by atoms with E-state index in [9.17, 15) is 9.59 Å². The van der Waals surface area contributed by atoms with Crippen LogP contribution in [0.1, 0.15) is 48.8 Å². The molecule has 6 nitrogen and oxygen atoms in total. The molecule has 1 aliphatic carbocycles. The second-order valence-electron chi connectivity index (χ2n) is 8.66. The van der Waals surface area contributed by atoms with Crippen molar-refractivity contribution in [1.29, 1.82) is 0 Å². The minimum atomic E-state index is -0.124. The van der Waals surface area contributed by atoms with E-state index in [2.05, 4.69) is 28.2 Å². The van der Waals surface area contributed by atoms with Gasteiger partial charge in [-0.15, -0.1) is 0 Å². The third kappa shape index (κ3) is 5.60. The molecule has 0 spiro atoms. The highest BCUT2D eigenvalue weighted by Crippen LogP contribution is 2.19. The van der Waals surface area contributed by atoms with Crippen molar-refractivity contribution in [2.24, 2.45) is 0 Å². The highest BCUT2D eigenvalue weighted by molar-refractivity contribution is 5.81. The number of nitrogens with one attached hydrogen (secondary N) is 2. The quantitative estimate of drug-likeness (QED) is 0.782. The van der Waals surface area contributed by atoms with Crippen LogP contribution in [0.15, 0.2) is 23.0 Å². The molecule has 6 heteroatoms. The number of amides is 2. The van der Waals surface area contributed by atoms with Crippen molar-refractivity contribution in [3.8, 4) is 0 Å². The fraction of sp³-hybridized carbons (Fsp3) is 0.565. The highest BCUT2D eigenvalue weighted by Gasteiger charge is 2.21. The Hall–Kier alpha value is -2.34. The molecule has 0 bridgehead atoms. The number of carbonyl (C=O) groups excluding carboxylic acids is 1. The molecule has 1 aromatic carbocycles. The smallest absolute Gasteiger partial charge is 0.317 e. The largest absolute Gasteiger partial charge is 0.335 e. The lowest BCUT2D eigenvalue weighted by Crippen LogP contribution is -2.47. The van der Waals surface area contributed by atoms with Crippen LogP contribution < -0.4 is 10.9 Å². The van der Waals surface area contributed by atoms with Crippen LogP contribution in [-0.2, 0) is 6.54 Å². The van der Waals surface area contributed by atoms with Crippen LogP contribution >= 0.6 is 0 Å². The molecule has 1 heterocycles. The summed E-state index contributed by atoms with van der Waals surface area (Å²) in [5.74, 6) is 0. The van der Waals surface area contributed by atoms with Gasteiger partial charge in [0.15, 0.2) is 0 Å². The number of aromatic nitrogens is 1. The number of urea groups is 1. The summed E-state index contributed by atoms with van der Waals surface area (Å²) >= 11 is 0. The second-order valence-corrected chi connectivity index (χ2v) is 8.66. The predicted molar refractivity (Wildman–Crippen MR) is 118 cm³/mol. The molecule has 0 radical (unpaired) electrons. The zero-order valence-corrected chi connectivity index (χ0v) is 18.2. The molecular formula is C23H34N4O2. The lowest BCUT2D eigenvalue weighted by atomic mass is 9.96. The summed E-state index contributed by atoms with van der Waals surface area (Å²) < 4.78 is 0. The van der Waals surface area contributed by atoms with E-state index in [0.717, 1.165) is 35.9 Å². The SMILES string of the molecule is Cc1cc2cc(CN(CCN(C)C)C(=O)NC3CCCCC3)c(=O)[nH]c2cc1C. The summed E-state index contributed by atoms with van der Waals surface area (Å²) in [7, 11) is 3.98. The number of aromatic amines is 1. The molecule has 2 aromatic rings. The molecule has 29 heavy (non-hydrogen) atoms. The number of fused-ring (bicyclic) bond motifs is 1. The maximum Gasteiger partial charge on any atom is 0.317 e. The zero-order valence-electron chi connectivity index (χ0n) is 18.2. The molecule has 3 rings (SSSR count). The van der Waals surface area contributed by atoms with Crippen molar-refractivity contribution in [1.82, 2.24) is 20.1 Å². The van der Waals surface area contributed by atoms with Crippen molar-refractivity contribution in [3.63, 3.8) is 0 Å². The van der Waals surface area contributed by atoms with Gasteiger partial charge in [-0.3, -0.25) is 4.79 Å². The van der Waals surface area contributed by atoms with Crippen LogP contribution in [0.5, 0.6) is 0 Å². The molecule has 0 aliphatic heterocycles. The number of likely N-dealkylation sites (N-methyl/N-ethyl adjacent to an activating group) is 1. The third-order valence-electron chi connectivity index (χ3n) is 5.93. The van der Waals surface area contributed by atoms with Crippen LogP contribution in [0.3, 0.4) is 0 Å². The van der Waals surface area contributed by atoms with Gasteiger partial charge in [0, 0.05) is 30.2 Å². The van der Waals surface area contributed by atoms with Crippen molar-refractivity contribution >= 4 is 16.9 Å². The minimum absolute atomic E-state index is 0.0710. The number of pyridine rings is 1. The molecular weight excluding hydrogens is 364 g/mol. The number of carbonyl (C=O) groups is 1. The molecule has 158 valence electrons. The summed E-state index contributed by atoms with van der Waals surface area (Å²) in [6.45, 7) is 5.75. The summed E-state index contributed by atoms with van der Waals surface area (Å²) in [6, 6.07) is 6.21. The Kier molecular flexibility index (Phi) is 6.96.